The Labute approximate surface area is 152 Å². The number of methoxy groups -OCH3 is 1. The summed E-state index contributed by atoms with van der Waals surface area (Å²) in [5, 5.41) is 2.53. The lowest BCUT2D eigenvalue weighted by molar-refractivity contribution is -0.148. The highest BCUT2D eigenvalue weighted by Crippen LogP contribution is 2.26. The fraction of sp³-hybridized carbons (Fsp3) is 0.421. The molecule has 1 aromatic carbocycles. The zero-order chi connectivity index (χ0) is 19.1. The molecule has 7 heteroatoms. The zero-order valence-corrected chi connectivity index (χ0v) is 15.1. The maximum atomic E-state index is 12.1. The summed E-state index contributed by atoms with van der Waals surface area (Å²) in [5.41, 5.74) is 1.10. The number of hydrogen-bond acceptors (Lipinski definition) is 6. The van der Waals surface area contributed by atoms with Crippen LogP contribution in [0, 0.1) is 5.92 Å². The van der Waals surface area contributed by atoms with Crippen LogP contribution in [0.4, 0.5) is 0 Å². The number of rotatable bonds is 7. The summed E-state index contributed by atoms with van der Waals surface area (Å²) in [6.07, 6.45) is 2.11. The van der Waals surface area contributed by atoms with E-state index in [2.05, 4.69) is 10.1 Å². The minimum absolute atomic E-state index is 0.0790. The maximum Gasteiger partial charge on any atom is 0.338 e. The van der Waals surface area contributed by atoms with Crippen molar-refractivity contribution in [3.05, 3.63) is 35.4 Å². The van der Waals surface area contributed by atoms with Gasteiger partial charge in [-0.1, -0.05) is 32.0 Å². The van der Waals surface area contributed by atoms with E-state index in [1.807, 2.05) is 38.1 Å². The quantitative estimate of drug-likeness (QED) is 0.744. The average Bonchev–Trinajstić information content (AvgIpc) is 2.64. The lowest BCUT2D eigenvalue weighted by Crippen LogP contribution is -2.44. The second-order valence-corrected chi connectivity index (χ2v) is 6.35. The molecule has 1 aliphatic rings. The Morgan fingerprint density at radius 2 is 1.96 bits per heavy atom. The molecule has 140 valence electrons. The van der Waals surface area contributed by atoms with Gasteiger partial charge in [-0.05, 0) is 24.5 Å². The molecule has 0 spiro atoms. The molecule has 0 bridgehead atoms. The van der Waals surface area contributed by atoms with E-state index in [9.17, 15) is 14.4 Å². The number of carbonyl (C=O) groups is 3. The number of benzene rings is 1. The number of carbonyl (C=O) groups excluding carboxylic acids is 3. The lowest BCUT2D eigenvalue weighted by Gasteiger charge is -2.19. The monoisotopic (exact) mass is 361 g/mol. The van der Waals surface area contributed by atoms with E-state index < -0.39 is 30.5 Å². The molecular weight excluding hydrogens is 338 g/mol. The highest BCUT2D eigenvalue weighted by atomic mass is 16.5. The summed E-state index contributed by atoms with van der Waals surface area (Å²) in [5.74, 6) is -0.846. The number of hydrogen-bond donors (Lipinski definition) is 1. The van der Waals surface area contributed by atoms with E-state index in [4.69, 9.17) is 9.47 Å². The Hall–Kier alpha value is -2.83. The van der Waals surface area contributed by atoms with Gasteiger partial charge in [0, 0.05) is 5.56 Å². The number of para-hydroxylation sites is 1. The fourth-order valence-corrected chi connectivity index (χ4v) is 2.52. The number of ether oxygens (including phenoxy) is 3. The summed E-state index contributed by atoms with van der Waals surface area (Å²) in [4.78, 5) is 35.8. The minimum atomic E-state index is -0.768. The Morgan fingerprint density at radius 1 is 1.23 bits per heavy atom. The van der Waals surface area contributed by atoms with Gasteiger partial charge in [-0.3, -0.25) is 4.79 Å². The molecule has 0 aromatic heterocycles. The first kappa shape index (κ1) is 19.5. The van der Waals surface area contributed by atoms with Gasteiger partial charge in [-0.25, -0.2) is 9.59 Å². The minimum Gasteiger partial charge on any atom is -0.488 e. The molecule has 0 aliphatic carbocycles. The Balaban J connectivity index is 1.89. The van der Waals surface area contributed by atoms with Gasteiger partial charge in [0.2, 0.25) is 0 Å². The third kappa shape index (κ3) is 5.34. The van der Waals surface area contributed by atoms with Gasteiger partial charge in [0.1, 0.15) is 18.4 Å². The molecule has 1 aromatic rings. The van der Waals surface area contributed by atoms with Crippen molar-refractivity contribution in [2.75, 3.05) is 20.3 Å². The third-order valence-corrected chi connectivity index (χ3v) is 3.76. The van der Waals surface area contributed by atoms with Gasteiger partial charge in [0.25, 0.3) is 5.91 Å². The maximum absolute atomic E-state index is 12.1. The first-order chi connectivity index (χ1) is 12.4. The standard InChI is InChI=1S/C19H23NO6/c1-12(2)8-15(19(23)24-3)20-17(21)11-26-18(22)14-9-13-6-4-5-7-16(13)25-10-14/h4-7,9,12,15H,8,10-11H2,1-3H3,(H,20,21)/t15-/m1/s1. The number of amides is 1. The van der Waals surface area contributed by atoms with Crippen molar-refractivity contribution >= 4 is 23.9 Å². The molecule has 1 amide bonds. The Kier molecular flexibility index (Phi) is 6.77. The predicted molar refractivity (Wildman–Crippen MR) is 94.3 cm³/mol. The van der Waals surface area contributed by atoms with E-state index in [1.165, 1.54) is 7.11 Å². The van der Waals surface area contributed by atoms with E-state index in [-0.39, 0.29) is 12.5 Å². The molecule has 26 heavy (non-hydrogen) atoms. The van der Waals surface area contributed by atoms with Gasteiger partial charge in [-0.15, -0.1) is 0 Å². The molecule has 1 aliphatic heterocycles. The smallest absolute Gasteiger partial charge is 0.338 e. The Morgan fingerprint density at radius 3 is 2.65 bits per heavy atom. The summed E-state index contributed by atoms with van der Waals surface area (Å²) in [6, 6.07) is 6.54. The van der Waals surface area contributed by atoms with E-state index in [1.54, 1.807) is 6.08 Å². The second kappa shape index (κ2) is 9.03. The van der Waals surface area contributed by atoms with Gasteiger partial charge < -0.3 is 19.5 Å². The summed E-state index contributed by atoms with van der Waals surface area (Å²) in [6.45, 7) is 3.45. The molecule has 0 saturated carbocycles. The number of nitrogens with one attached hydrogen (secondary N) is 1. The third-order valence-electron chi connectivity index (χ3n) is 3.76. The molecule has 1 atom stereocenters. The summed E-state index contributed by atoms with van der Waals surface area (Å²) in [7, 11) is 1.26. The van der Waals surface area contributed by atoms with Gasteiger partial charge in [0.15, 0.2) is 6.61 Å². The van der Waals surface area contributed by atoms with Gasteiger partial charge >= 0.3 is 11.9 Å². The van der Waals surface area contributed by atoms with Crippen molar-refractivity contribution in [1.82, 2.24) is 5.32 Å². The fourth-order valence-electron chi connectivity index (χ4n) is 2.52. The topological polar surface area (TPSA) is 90.9 Å². The van der Waals surface area contributed by atoms with Crippen LogP contribution in [0.5, 0.6) is 5.75 Å². The average molecular weight is 361 g/mol. The highest BCUT2D eigenvalue weighted by molar-refractivity contribution is 5.96. The van der Waals surface area contributed by atoms with Crippen LogP contribution in [0.2, 0.25) is 0 Å². The van der Waals surface area contributed by atoms with Crippen molar-refractivity contribution in [2.24, 2.45) is 5.92 Å². The van der Waals surface area contributed by atoms with Crippen molar-refractivity contribution in [1.29, 1.82) is 0 Å². The zero-order valence-electron chi connectivity index (χ0n) is 15.1. The molecule has 2 rings (SSSR count). The van der Waals surface area contributed by atoms with Crippen LogP contribution in [0.15, 0.2) is 29.8 Å². The first-order valence-electron chi connectivity index (χ1n) is 8.37. The second-order valence-electron chi connectivity index (χ2n) is 6.35. The van der Waals surface area contributed by atoms with Crippen LogP contribution in [-0.2, 0) is 23.9 Å². The van der Waals surface area contributed by atoms with Crippen LogP contribution in [0.25, 0.3) is 6.08 Å². The normalized spacial score (nSPS) is 13.8. The molecule has 1 heterocycles. The summed E-state index contributed by atoms with van der Waals surface area (Å²) >= 11 is 0. The van der Waals surface area contributed by atoms with Crippen LogP contribution in [0.3, 0.4) is 0 Å². The molecular formula is C19H23NO6. The molecule has 0 unspecified atom stereocenters. The van der Waals surface area contributed by atoms with Crippen LogP contribution in [-0.4, -0.2) is 44.2 Å². The SMILES string of the molecule is COC(=O)[C@@H](CC(C)C)NC(=O)COC(=O)C1=Cc2ccccc2OC1. The van der Waals surface area contributed by atoms with Crippen molar-refractivity contribution in [3.63, 3.8) is 0 Å². The van der Waals surface area contributed by atoms with Gasteiger partial charge in [0.05, 0.1) is 12.7 Å². The molecule has 0 radical (unpaired) electrons. The van der Waals surface area contributed by atoms with Crippen LogP contribution < -0.4 is 10.1 Å². The Bertz CT molecular complexity index is 710. The van der Waals surface area contributed by atoms with Crippen LogP contribution >= 0.6 is 0 Å². The molecule has 7 nitrogen and oxygen atoms in total. The lowest BCUT2D eigenvalue weighted by atomic mass is 10.0. The van der Waals surface area contributed by atoms with E-state index in [0.29, 0.717) is 17.7 Å². The predicted octanol–water partition coefficient (Wildman–Crippen LogP) is 1.71. The number of fused-ring (bicyclic) bond motifs is 1. The number of esters is 2. The molecule has 0 saturated heterocycles. The van der Waals surface area contributed by atoms with Gasteiger partial charge in [-0.2, -0.15) is 0 Å². The van der Waals surface area contributed by atoms with E-state index >= 15 is 0 Å². The highest BCUT2D eigenvalue weighted by Gasteiger charge is 2.24. The van der Waals surface area contributed by atoms with Crippen molar-refractivity contribution in [2.45, 2.75) is 26.3 Å². The van der Waals surface area contributed by atoms with E-state index in [0.717, 1.165) is 5.56 Å². The van der Waals surface area contributed by atoms with Crippen LogP contribution in [0.1, 0.15) is 25.8 Å². The first-order valence-corrected chi connectivity index (χ1v) is 8.37. The van der Waals surface area contributed by atoms with Crippen molar-refractivity contribution < 1.29 is 28.6 Å². The molecule has 1 N–H and O–H groups in total. The van der Waals surface area contributed by atoms with Crippen molar-refractivity contribution in [3.8, 4) is 5.75 Å². The summed E-state index contributed by atoms with van der Waals surface area (Å²) < 4.78 is 15.2. The largest absolute Gasteiger partial charge is 0.488 e. The molecule has 0 fully saturated rings.